The van der Waals surface area contributed by atoms with E-state index < -0.39 is 17.9 Å². The van der Waals surface area contributed by atoms with Crippen molar-refractivity contribution in [3.8, 4) is 0 Å². The maximum atomic E-state index is 11.6. The molecule has 0 amide bonds. The number of hydrogen-bond acceptors (Lipinski definition) is 4. The normalized spacial score (nSPS) is 12.3. The molecule has 0 radical (unpaired) electrons. The number of carbonyl (C=O) groups is 2. The highest BCUT2D eigenvalue weighted by atomic mass is 16.5. The lowest BCUT2D eigenvalue weighted by Gasteiger charge is -2.04. The van der Waals surface area contributed by atoms with Crippen LogP contribution >= 0.6 is 0 Å². The highest BCUT2D eigenvalue weighted by molar-refractivity contribution is 5.95. The van der Waals surface area contributed by atoms with Crippen LogP contribution < -0.4 is 0 Å². The van der Waals surface area contributed by atoms with Crippen molar-refractivity contribution in [2.75, 3.05) is 7.11 Å². The van der Waals surface area contributed by atoms with E-state index in [2.05, 4.69) is 9.72 Å². The van der Waals surface area contributed by atoms with Gasteiger partial charge in [-0.2, -0.15) is 0 Å². The van der Waals surface area contributed by atoms with Crippen molar-refractivity contribution in [1.82, 2.24) is 9.38 Å². The molecule has 2 aromatic rings. The number of esters is 1. The summed E-state index contributed by atoms with van der Waals surface area (Å²) in [5.74, 6) is -1.47. The molecule has 0 saturated carbocycles. The summed E-state index contributed by atoms with van der Waals surface area (Å²) in [6.45, 7) is 1.60. The standard InChI is InChI=1S/C13H14N2O4/c1-8(12(16)17)7-10-14-11(13(18)19-2)9-5-3-4-6-15(9)10/h3-6,8H,7H2,1-2H3,(H,16,17). The molecule has 100 valence electrons. The maximum Gasteiger partial charge on any atom is 0.358 e. The van der Waals surface area contributed by atoms with Gasteiger partial charge in [-0.05, 0) is 12.1 Å². The molecule has 0 saturated heterocycles. The van der Waals surface area contributed by atoms with E-state index in [1.54, 1.807) is 35.7 Å². The highest BCUT2D eigenvalue weighted by Gasteiger charge is 2.20. The molecule has 1 N–H and O–H groups in total. The number of rotatable bonds is 4. The Morgan fingerprint density at radius 2 is 2.21 bits per heavy atom. The van der Waals surface area contributed by atoms with E-state index in [0.717, 1.165) is 0 Å². The fraction of sp³-hybridized carbons (Fsp3) is 0.308. The monoisotopic (exact) mass is 262 g/mol. The molecule has 0 aliphatic carbocycles. The van der Waals surface area contributed by atoms with Crippen LogP contribution in [0.25, 0.3) is 5.52 Å². The van der Waals surface area contributed by atoms with Crippen LogP contribution in [0.15, 0.2) is 24.4 Å². The largest absolute Gasteiger partial charge is 0.481 e. The lowest BCUT2D eigenvalue weighted by molar-refractivity contribution is -0.141. The summed E-state index contributed by atoms with van der Waals surface area (Å²) in [5, 5.41) is 8.95. The summed E-state index contributed by atoms with van der Waals surface area (Å²) < 4.78 is 6.39. The molecule has 2 aromatic heterocycles. The predicted octanol–water partition coefficient (Wildman–Crippen LogP) is 1.38. The number of aromatic nitrogens is 2. The van der Waals surface area contributed by atoms with Crippen molar-refractivity contribution >= 4 is 17.5 Å². The molecule has 1 unspecified atom stereocenters. The van der Waals surface area contributed by atoms with Crippen molar-refractivity contribution in [1.29, 1.82) is 0 Å². The van der Waals surface area contributed by atoms with Crippen LogP contribution in [-0.2, 0) is 16.0 Å². The molecule has 0 spiro atoms. The van der Waals surface area contributed by atoms with Crippen molar-refractivity contribution < 1.29 is 19.4 Å². The van der Waals surface area contributed by atoms with Crippen LogP contribution in [0, 0.1) is 5.92 Å². The van der Waals surface area contributed by atoms with E-state index in [1.165, 1.54) is 7.11 Å². The second-order valence-corrected chi connectivity index (χ2v) is 4.27. The van der Waals surface area contributed by atoms with Gasteiger partial charge in [0.15, 0.2) is 5.69 Å². The van der Waals surface area contributed by atoms with E-state index in [9.17, 15) is 9.59 Å². The minimum Gasteiger partial charge on any atom is -0.481 e. The quantitative estimate of drug-likeness (QED) is 0.842. The number of nitrogens with zero attached hydrogens (tertiary/aromatic N) is 2. The number of aliphatic carboxylic acids is 1. The van der Waals surface area contributed by atoms with Gasteiger partial charge in [-0.25, -0.2) is 9.78 Å². The topological polar surface area (TPSA) is 80.9 Å². The number of pyridine rings is 1. The van der Waals surface area contributed by atoms with Gasteiger partial charge in [0.2, 0.25) is 0 Å². The Morgan fingerprint density at radius 1 is 1.47 bits per heavy atom. The summed E-state index contributed by atoms with van der Waals surface area (Å²) in [5.41, 5.74) is 0.817. The third-order valence-corrected chi connectivity index (χ3v) is 2.91. The maximum absolute atomic E-state index is 11.6. The first kappa shape index (κ1) is 13.1. The summed E-state index contributed by atoms with van der Waals surface area (Å²) in [6.07, 6.45) is 2.00. The van der Waals surface area contributed by atoms with Gasteiger partial charge in [0.25, 0.3) is 0 Å². The van der Waals surface area contributed by atoms with E-state index in [4.69, 9.17) is 5.11 Å². The van der Waals surface area contributed by atoms with Gasteiger partial charge >= 0.3 is 11.9 Å². The molecule has 0 fully saturated rings. The number of fused-ring (bicyclic) bond motifs is 1. The minimum absolute atomic E-state index is 0.204. The average Bonchev–Trinajstić information content (AvgIpc) is 2.77. The smallest absolute Gasteiger partial charge is 0.358 e. The number of methoxy groups -OCH3 is 1. The number of carbonyl (C=O) groups excluding carboxylic acids is 1. The Morgan fingerprint density at radius 3 is 2.84 bits per heavy atom. The molecule has 19 heavy (non-hydrogen) atoms. The Labute approximate surface area is 109 Å². The lowest BCUT2D eigenvalue weighted by atomic mass is 10.1. The van der Waals surface area contributed by atoms with Gasteiger partial charge in [-0.3, -0.25) is 4.79 Å². The zero-order valence-electron chi connectivity index (χ0n) is 10.7. The molecule has 6 heteroatoms. The summed E-state index contributed by atoms with van der Waals surface area (Å²) >= 11 is 0. The number of carboxylic acid groups (broad SMARTS) is 1. The summed E-state index contributed by atoms with van der Waals surface area (Å²) in [6, 6.07) is 5.33. The van der Waals surface area contributed by atoms with Gasteiger partial charge in [-0.15, -0.1) is 0 Å². The highest BCUT2D eigenvalue weighted by Crippen LogP contribution is 2.16. The Balaban J connectivity index is 2.50. The van der Waals surface area contributed by atoms with Crippen molar-refractivity contribution in [2.45, 2.75) is 13.3 Å². The average molecular weight is 262 g/mol. The van der Waals surface area contributed by atoms with Crippen molar-refractivity contribution in [2.24, 2.45) is 5.92 Å². The van der Waals surface area contributed by atoms with Crippen molar-refractivity contribution in [3.63, 3.8) is 0 Å². The van der Waals surface area contributed by atoms with E-state index in [0.29, 0.717) is 11.3 Å². The Bertz CT molecular complexity index is 633. The zero-order valence-corrected chi connectivity index (χ0v) is 10.7. The van der Waals surface area contributed by atoms with Crippen LogP contribution in [0.3, 0.4) is 0 Å². The SMILES string of the molecule is COC(=O)c1nc(CC(C)C(=O)O)n2ccccc12. The molecule has 2 rings (SSSR count). The molecule has 2 heterocycles. The van der Waals surface area contributed by atoms with Crippen molar-refractivity contribution in [3.05, 3.63) is 35.9 Å². The van der Waals surface area contributed by atoms with E-state index in [-0.39, 0.29) is 12.1 Å². The second kappa shape index (κ2) is 5.09. The summed E-state index contributed by atoms with van der Waals surface area (Å²) in [7, 11) is 1.29. The molecule has 1 atom stereocenters. The van der Waals surface area contributed by atoms with E-state index >= 15 is 0 Å². The molecule has 0 bridgehead atoms. The van der Waals surface area contributed by atoms with Gasteiger partial charge < -0.3 is 14.2 Å². The first-order chi connectivity index (χ1) is 9.04. The van der Waals surface area contributed by atoms with E-state index in [1.807, 2.05) is 0 Å². The van der Waals surface area contributed by atoms with Gasteiger partial charge in [0.1, 0.15) is 5.82 Å². The first-order valence-electron chi connectivity index (χ1n) is 5.81. The van der Waals surface area contributed by atoms with Crippen LogP contribution in [0.1, 0.15) is 23.2 Å². The molecular formula is C13H14N2O4. The molecule has 0 aliphatic heterocycles. The Kier molecular flexibility index (Phi) is 3.50. The van der Waals surface area contributed by atoms with Crippen LogP contribution in [0.5, 0.6) is 0 Å². The third kappa shape index (κ3) is 2.42. The third-order valence-electron chi connectivity index (χ3n) is 2.91. The number of imidazole rings is 1. The summed E-state index contributed by atoms with van der Waals surface area (Å²) in [4.78, 5) is 26.8. The van der Waals surface area contributed by atoms with Gasteiger partial charge in [0, 0.05) is 12.6 Å². The molecule has 0 aliphatic rings. The zero-order chi connectivity index (χ0) is 14.0. The Hall–Kier alpha value is -2.37. The lowest BCUT2D eigenvalue weighted by Crippen LogP contribution is -2.14. The van der Waals surface area contributed by atoms with Crippen LogP contribution in [0.2, 0.25) is 0 Å². The number of ether oxygens (including phenoxy) is 1. The minimum atomic E-state index is -0.896. The number of carboxylic acids is 1. The molecule has 6 nitrogen and oxygen atoms in total. The fourth-order valence-corrected chi connectivity index (χ4v) is 1.85. The molecule has 0 aromatic carbocycles. The van der Waals surface area contributed by atoms with Gasteiger partial charge in [0.05, 0.1) is 18.5 Å². The first-order valence-corrected chi connectivity index (χ1v) is 5.81. The van der Waals surface area contributed by atoms with Crippen LogP contribution in [0.4, 0.5) is 0 Å². The number of hydrogen-bond donors (Lipinski definition) is 1. The second-order valence-electron chi connectivity index (χ2n) is 4.27. The van der Waals surface area contributed by atoms with Crippen LogP contribution in [-0.4, -0.2) is 33.5 Å². The molecular weight excluding hydrogens is 248 g/mol. The van der Waals surface area contributed by atoms with Gasteiger partial charge in [-0.1, -0.05) is 13.0 Å². The predicted molar refractivity (Wildman–Crippen MR) is 67.0 cm³/mol. The fourth-order valence-electron chi connectivity index (χ4n) is 1.85.